The van der Waals surface area contributed by atoms with Gasteiger partial charge in [0.2, 0.25) is 5.91 Å². The maximum absolute atomic E-state index is 13.3. The summed E-state index contributed by atoms with van der Waals surface area (Å²) in [6.45, 7) is 1.73. The molecule has 1 aliphatic carbocycles. The predicted molar refractivity (Wildman–Crippen MR) is 125 cm³/mol. The minimum atomic E-state index is -4.49. The number of alkyl halides is 3. The number of carbonyl (C=O) groups excluding carboxylic acids is 2. The molecule has 2 heterocycles. The summed E-state index contributed by atoms with van der Waals surface area (Å²) in [4.78, 5) is 33.4. The zero-order valence-corrected chi connectivity index (χ0v) is 19.5. The van der Waals surface area contributed by atoms with Gasteiger partial charge in [0.25, 0.3) is 0 Å². The number of hydrogen-bond donors (Lipinski definition) is 2. The Morgan fingerprint density at radius 2 is 1.86 bits per heavy atom. The van der Waals surface area contributed by atoms with Crippen LogP contribution in [-0.2, 0) is 17.5 Å². The van der Waals surface area contributed by atoms with Gasteiger partial charge >= 0.3 is 6.18 Å². The Morgan fingerprint density at radius 1 is 1.09 bits per heavy atom. The van der Waals surface area contributed by atoms with Gasteiger partial charge in [-0.15, -0.1) is 0 Å². The van der Waals surface area contributed by atoms with Gasteiger partial charge in [0.05, 0.1) is 45.8 Å². The molecule has 10 heteroatoms. The van der Waals surface area contributed by atoms with Crippen molar-refractivity contribution in [1.29, 1.82) is 0 Å². The molecule has 35 heavy (non-hydrogen) atoms. The lowest BCUT2D eigenvalue weighted by Gasteiger charge is -2.16. The number of carbonyl (C=O) groups is 2. The molecule has 182 valence electrons. The number of amides is 1. The second-order valence-electron chi connectivity index (χ2n) is 8.66. The zero-order chi connectivity index (χ0) is 25.2. The molecular formula is C25H22ClF3N4O2. The van der Waals surface area contributed by atoms with E-state index in [0.29, 0.717) is 40.4 Å². The van der Waals surface area contributed by atoms with E-state index in [9.17, 15) is 22.8 Å². The van der Waals surface area contributed by atoms with Crippen LogP contribution < -0.4 is 10.6 Å². The quantitative estimate of drug-likeness (QED) is 0.376. The summed E-state index contributed by atoms with van der Waals surface area (Å²) in [6, 6.07) is 8.79. The summed E-state index contributed by atoms with van der Waals surface area (Å²) in [5.74, 6) is -0.435. The molecule has 0 radical (unpaired) electrons. The lowest BCUT2D eigenvalue weighted by Crippen LogP contribution is -2.33. The van der Waals surface area contributed by atoms with Crippen molar-refractivity contribution in [2.75, 3.05) is 5.32 Å². The van der Waals surface area contributed by atoms with Gasteiger partial charge in [-0.3, -0.25) is 19.6 Å². The normalized spacial score (nSPS) is 14.3. The average Bonchev–Trinajstić information content (AvgIpc) is 3.59. The summed E-state index contributed by atoms with van der Waals surface area (Å²) in [5.41, 5.74) is 0.210. The van der Waals surface area contributed by atoms with Crippen molar-refractivity contribution in [1.82, 2.24) is 15.3 Å². The Balaban J connectivity index is 1.35. The lowest BCUT2D eigenvalue weighted by atomic mass is 9.95. The molecule has 1 amide bonds. The molecule has 0 saturated heterocycles. The number of aryl methyl sites for hydroxylation is 1. The number of Topliss-reactive ketones (excluding diaryl/α,β-unsaturated/α-hetero) is 1. The Labute approximate surface area is 204 Å². The van der Waals surface area contributed by atoms with Gasteiger partial charge in [0.1, 0.15) is 0 Å². The van der Waals surface area contributed by atoms with Gasteiger partial charge in [-0.2, -0.15) is 13.2 Å². The van der Waals surface area contributed by atoms with Crippen LogP contribution in [0, 0.1) is 12.3 Å². The number of aromatic nitrogens is 2. The minimum Gasteiger partial charge on any atom is -0.354 e. The van der Waals surface area contributed by atoms with Crippen molar-refractivity contribution in [2.45, 2.75) is 38.9 Å². The highest BCUT2D eigenvalue weighted by Gasteiger charge is 2.51. The zero-order valence-electron chi connectivity index (χ0n) is 18.7. The smallest absolute Gasteiger partial charge is 0.354 e. The highest BCUT2D eigenvalue weighted by atomic mass is 35.5. The van der Waals surface area contributed by atoms with Gasteiger partial charge < -0.3 is 10.6 Å². The van der Waals surface area contributed by atoms with Crippen LogP contribution in [0.3, 0.4) is 0 Å². The molecule has 3 aromatic rings. The number of rotatable bonds is 8. The SMILES string of the molecule is Cc1ccc(Nc2ccc(CNC(=O)C3(CC(=O)c4cncc(Cl)c4)CC3)nc2)c(C(F)(F)F)c1. The summed E-state index contributed by atoms with van der Waals surface area (Å²) >= 11 is 5.89. The van der Waals surface area contributed by atoms with Gasteiger partial charge in [0, 0.05) is 24.4 Å². The third kappa shape index (κ3) is 5.97. The standard InChI is InChI=1S/C25H22ClF3N4O2/c1-15-2-5-21(20(8-15)25(27,28)29)33-19-4-3-18(31-14-19)13-32-23(35)24(6-7-24)10-22(34)16-9-17(26)12-30-11-16/h2-5,8-9,11-12,14,33H,6-7,10,13H2,1H3,(H,32,35). The fraction of sp³-hybridized carbons (Fsp3) is 0.280. The molecule has 2 N–H and O–H groups in total. The van der Waals surface area contributed by atoms with Crippen LogP contribution in [0.25, 0.3) is 0 Å². The average molecular weight is 503 g/mol. The molecule has 0 bridgehead atoms. The van der Waals surface area contributed by atoms with E-state index in [4.69, 9.17) is 11.6 Å². The van der Waals surface area contributed by atoms with Gasteiger partial charge in [-0.05, 0) is 50.1 Å². The maximum atomic E-state index is 13.3. The Kier molecular flexibility index (Phi) is 6.80. The third-order valence-electron chi connectivity index (χ3n) is 5.88. The van der Waals surface area contributed by atoms with Gasteiger partial charge in [0.15, 0.2) is 5.78 Å². The number of nitrogens with zero attached hydrogens (tertiary/aromatic N) is 2. The number of halogens is 4. The number of anilines is 2. The lowest BCUT2D eigenvalue weighted by molar-refractivity contribution is -0.137. The molecule has 1 saturated carbocycles. The molecule has 2 aromatic heterocycles. The monoisotopic (exact) mass is 502 g/mol. The first-order chi connectivity index (χ1) is 16.6. The van der Waals surface area contributed by atoms with E-state index in [1.807, 2.05) is 0 Å². The van der Waals surface area contributed by atoms with Gasteiger partial charge in [-0.25, -0.2) is 0 Å². The van der Waals surface area contributed by atoms with E-state index in [0.717, 1.165) is 6.07 Å². The fourth-order valence-corrected chi connectivity index (χ4v) is 3.90. The molecular weight excluding hydrogens is 481 g/mol. The molecule has 1 aliphatic rings. The first kappa shape index (κ1) is 24.7. The van der Waals surface area contributed by atoms with Crippen molar-refractivity contribution in [2.24, 2.45) is 5.41 Å². The van der Waals surface area contributed by atoms with Crippen LogP contribution in [0.4, 0.5) is 24.5 Å². The van der Waals surface area contributed by atoms with E-state index in [2.05, 4.69) is 20.6 Å². The van der Waals surface area contributed by atoms with E-state index in [-0.39, 0.29) is 30.3 Å². The van der Waals surface area contributed by atoms with Crippen molar-refractivity contribution < 1.29 is 22.8 Å². The summed E-state index contributed by atoms with van der Waals surface area (Å²) in [5, 5.41) is 5.91. The highest BCUT2D eigenvalue weighted by Crippen LogP contribution is 2.49. The molecule has 0 atom stereocenters. The van der Waals surface area contributed by atoms with E-state index in [1.54, 1.807) is 25.1 Å². The number of nitrogens with one attached hydrogen (secondary N) is 2. The minimum absolute atomic E-state index is 0.0647. The number of ketones is 1. The number of hydrogen-bond acceptors (Lipinski definition) is 5. The summed E-state index contributed by atoms with van der Waals surface area (Å²) in [6.07, 6.45) is 1.05. The van der Waals surface area contributed by atoms with Gasteiger partial charge in [-0.1, -0.05) is 23.2 Å². The summed E-state index contributed by atoms with van der Waals surface area (Å²) < 4.78 is 40.0. The Bertz CT molecular complexity index is 1260. The van der Waals surface area contributed by atoms with Crippen molar-refractivity contribution in [3.63, 3.8) is 0 Å². The van der Waals surface area contributed by atoms with E-state index >= 15 is 0 Å². The predicted octanol–water partition coefficient (Wildman–Crippen LogP) is 5.87. The molecule has 1 fully saturated rings. The first-order valence-corrected chi connectivity index (χ1v) is 11.3. The highest BCUT2D eigenvalue weighted by molar-refractivity contribution is 6.30. The van der Waals surface area contributed by atoms with Crippen LogP contribution in [0.1, 0.15) is 46.4 Å². The van der Waals surface area contributed by atoms with Crippen LogP contribution in [0.2, 0.25) is 5.02 Å². The molecule has 1 aromatic carbocycles. The topological polar surface area (TPSA) is 84.0 Å². The van der Waals surface area contributed by atoms with Crippen LogP contribution in [-0.4, -0.2) is 21.7 Å². The molecule has 0 aliphatic heterocycles. The van der Waals surface area contributed by atoms with Crippen LogP contribution in [0.15, 0.2) is 55.0 Å². The summed E-state index contributed by atoms with van der Waals surface area (Å²) in [7, 11) is 0. The molecule has 6 nitrogen and oxygen atoms in total. The number of benzene rings is 1. The van der Waals surface area contributed by atoms with Crippen LogP contribution in [0.5, 0.6) is 0 Å². The third-order valence-corrected chi connectivity index (χ3v) is 6.08. The van der Waals surface area contributed by atoms with Crippen LogP contribution >= 0.6 is 11.6 Å². The number of pyridine rings is 2. The van der Waals surface area contributed by atoms with E-state index < -0.39 is 17.2 Å². The van der Waals surface area contributed by atoms with Crippen molar-refractivity contribution >= 4 is 34.7 Å². The van der Waals surface area contributed by atoms with Crippen molar-refractivity contribution in [3.05, 3.63) is 82.4 Å². The van der Waals surface area contributed by atoms with E-state index in [1.165, 1.54) is 30.7 Å². The second kappa shape index (κ2) is 9.65. The Hall–Kier alpha value is -3.46. The molecule has 0 unspecified atom stereocenters. The first-order valence-electron chi connectivity index (χ1n) is 10.9. The molecule has 0 spiro atoms. The van der Waals surface area contributed by atoms with Crippen molar-refractivity contribution in [3.8, 4) is 0 Å². The Morgan fingerprint density at radius 3 is 2.49 bits per heavy atom. The molecule has 4 rings (SSSR count). The largest absolute Gasteiger partial charge is 0.418 e. The second-order valence-corrected chi connectivity index (χ2v) is 9.10. The maximum Gasteiger partial charge on any atom is 0.418 e. The fourth-order valence-electron chi connectivity index (χ4n) is 3.73.